The number of halogens is 3. The lowest BCUT2D eigenvalue weighted by Gasteiger charge is -2.19. The molecule has 0 amide bonds. The molecule has 0 unspecified atom stereocenters. The first-order valence-electron chi connectivity index (χ1n) is 8.04. The summed E-state index contributed by atoms with van der Waals surface area (Å²) in [6, 6.07) is 21.5. The van der Waals surface area contributed by atoms with E-state index in [4.69, 9.17) is 0 Å². The van der Waals surface area contributed by atoms with E-state index in [0.717, 1.165) is 0 Å². The van der Waals surface area contributed by atoms with Crippen LogP contribution in [0, 0.1) is 0 Å². The topological polar surface area (TPSA) is 34.1 Å². The van der Waals surface area contributed by atoms with Crippen molar-refractivity contribution in [3.05, 3.63) is 102 Å². The molecule has 6 heteroatoms. The first-order chi connectivity index (χ1) is 12.8. The van der Waals surface area contributed by atoms with E-state index in [0.29, 0.717) is 0 Å². The number of hydrogen-bond acceptors (Lipinski definition) is 2. The van der Waals surface area contributed by atoms with Crippen LogP contribution in [-0.4, -0.2) is 14.6 Å². The van der Waals surface area contributed by atoms with Gasteiger partial charge < -0.3 is 0 Å². The van der Waals surface area contributed by atoms with Crippen LogP contribution in [0.3, 0.4) is 0 Å². The van der Waals surface area contributed by atoms with Gasteiger partial charge in [-0.1, -0.05) is 78.9 Å². The fourth-order valence-electron chi connectivity index (χ4n) is 2.77. The van der Waals surface area contributed by atoms with Crippen molar-refractivity contribution in [1.29, 1.82) is 0 Å². The average molecular weight is 388 g/mol. The monoisotopic (exact) mass is 388 g/mol. The smallest absolute Gasteiger partial charge is 0.218 e. The molecule has 0 fully saturated rings. The Kier molecular flexibility index (Phi) is 5.19. The molecule has 0 N–H and O–H groups in total. The molecule has 0 aliphatic carbocycles. The molecule has 0 saturated carbocycles. The minimum atomic E-state index is -4.87. The molecule has 0 aliphatic heterocycles. The maximum atomic E-state index is 14.1. The van der Waals surface area contributed by atoms with Crippen molar-refractivity contribution in [2.75, 3.05) is 0 Å². The van der Waals surface area contributed by atoms with Gasteiger partial charge in [-0.05, 0) is 23.3 Å². The van der Waals surface area contributed by atoms with E-state index in [2.05, 4.69) is 0 Å². The number of rotatable bonds is 4. The third-order valence-corrected chi connectivity index (χ3v) is 5.80. The van der Waals surface area contributed by atoms with Gasteiger partial charge in [-0.15, -0.1) is 0 Å². The van der Waals surface area contributed by atoms with Crippen molar-refractivity contribution in [2.24, 2.45) is 0 Å². The van der Waals surface area contributed by atoms with Crippen LogP contribution >= 0.6 is 0 Å². The highest BCUT2D eigenvalue weighted by molar-refractivity contribution is 8.01. The summed E-state index contributed by atoms with van der Waals surface area (Å²) >= 11 is 0. The zero-order valence-corrected chi connectivity index (χ0v) is 14.8. The van der Waals surface area contributed by atoms with Gasteiger partial charge in [0, 0.05) is 0 Å². The third-order valence-electron chi connectivity index (χ3n) is 3.93. The number of benzene rings is 3. The van der Waals surface area contributed by atoms with Crippen LogP contribution in [0.1, 0.15) is 11.1 Å². The molecule has 0 aromatic heterocycles. The SMILES string of the molecule is O=S(=O)(/C(=C(/c1ccccc1)C(F)(F)F)c1ccccc1)c1ccccc1. The van der Waals surface area contributed by atoms with Gasteiger partial charge >= 0.3 is 6.18 Å². The lowest BCUT2D eigenvalue weighted by atomic mass is 10.0. The van der Waals surface area contributed by atoms with E-state index in [1.54, 1.807) is 18.2 Å². The van der Waals surface area contributed by atoms with Crippen molar-refractivity contribution in [1.82, 2.24) is 0 Å². The van der Waals surface area contributed by atoms with Gasteiger partial charge in [0.2, 0.25) is 9.84 Å². The van der Waals surface area contributed by atoms with Gasteiger partial charge in [-0.25, -0.2) is 8.42 Å². The second-order valence-corrected chi connectivity index (χ2v) is 7.64. The summed E-state index contributed by atoms with van der Waals surface area (Å²) in [5.74, 6) is 0. The van der Waals surface area contributed by atoms with Crippen molar-refractivity contribution < 1.29 is 21.6 Å². The summed E-state index contributed by atoms with van der Waals surface area (Å²) in [5, 5.41) is 0. The highest BCUT2D eigenvalue weighted by Gasteiger charge is 2.41. The van der Waals surface area contributed by atoms with Crippen LogP contribution in [0.25, 0.3) is 10.5 Å². The van der Waals surface area contributed by atoms with E-state index in [9.17, 15) is 21.6 Å². The van der Waals surface area contributed by atoms with Gasteiger partial charge in [0.15, 0.2) is 0 Å². The summed E-state index contributed by atoms with van der Waals surface area (Å²) in [6.07, 6.45) is -4.87. The van der Waals surface area contributed by atoms with E-state index in [-0.39, 0.29) is 16.0 Å². The summed E-state index contributed by atoms with van der Waals surface area (Å²) in [4.78, 5) is -0.950. The largest absolute Gasteiger partial charge is 0.418 e. The molecule has 3 aromatic carbocycles. The molecular formula is C21H15F3O2S. The summed E-state index contributed by atoms with van der Waals surface area (Å²) < 4.78 is 68.7. The minimum Gasteiger partial charge on any atom is -0.218 e. The standard InChI is InChI=1S/C21H15F3O2S/c22-21(23,24)19(16-10-4-1-5-11-16)20(17-12-6-2-7-13-17)27(25,26)18-14-8-3-9-15-18/h1-15H/b20-19-. The number of alkyl halides is 3. The molecule has 3 aromatic rings. The second kappa shape index (κ2) is 7.40. The zero-order chi connectivity index (χ0) is 19.5. The van der Waals surface area contributed by atoms with Crippen LogP contribution in [0.4, 0.5) is 13.2 Å². The molecule has 2 nitrogen and oxygen atoms in total. The maximum absolute atomic E-state index is 14.1. The van der Waals surface area contributed by atoms with Gasteiger partial charge in [-0.2, -0.15) is 13.2 Å². The fraction of sp³-hybridized carbons (Fsp3) is 0.0476. The highest BCUT2D eigenvalue weighted by atomic mass is 32.2. The van der Waals surface area contributed by atoms with Gasteiger partial charge in [0.1, 0.15) is 0 Å². The summed E-state index contributed by atoms with van der Waals surface area (Å²) in [6.45, 7) is 0. The fourth-order valence-corrected chi connectivity index (χ4v) is 4.47. The van der Waals surface area contributed by atoms with Crippen molar-refractivity contribution in [3.63, 3.8) is 0 Å². The van der Waals surface area contributed by atoms with Crippen molar-refractivity contribution >= 4 is 20.3 Å². The summed E-state index contributed by atoms with van der Waals surface area (Å²) in [7, 11) is -4.43. The lowest BCUT2D eigenvalue weighted by molar-refractivity contribution is -0.0684. The van der Waals surface area contributed by atoms with Crippen LogP contribution in [0.15, 0.2) is 95.9 Å². The van der Waals surface area contributed by atoms with Crippen LogP contribution < -0.4 is 0 Å². The molecule has 0 heterocycles. The van der Waals surface area contributed by atoms with Crippen molar-refractivity contribution in [2.45, 2.75) is 11.1 Å². The predicted octanol–water partition coefficient (Wildman–Crippen LogP) is 5.59. The Morgan fingerprint density at radius 3 is 1.48 bits per heavy atom. The van der Waals surface area contributed by atoms with E-state index in [1.807, 2.05) is 0 Å². The first-order valence-corrected chi connectivity index (χ1v) is 9.52. The normalized spacial score (nSPS) is 13.1. The van der Waals surface area contributed by atoms with Gasteiger partial charge in [0.05, 0.1) is 15.4 Å². The number of allylic oxidation sites excluding steroid dienone is 1. The Morgan fingerprint density at radius 1 is 0.630 bits per heavy atom. The van der Waals surface area contributed by atoms with Crippen LogP contribution in [0.5, 0.6) is 0 Å². The molecule has 0 atom stereocenters. The first kappa shape index (κ1) is 18.9. The summed E-state index contributed by atoms with van der Waals surface area (Å²) in [5.41, 5.74) is -1.40. The Bertz CT molecular complexity index is 1040. The quantitative estimate of drug-likeness (QED) is 0.546. The highest BCUT2D eigenvalue weighted by Crippen LogP contribution is 2.43. The van der Waals surface area contributed by atoms with E-state index >= 15 is 0 Å². The minimum absolute atomic E-state index is 0.0162. The van der Waals surface area contributed by atoms with Gasteiger partial charge in [-0.3, -0.25) is 0 Å². The number of sulfone groups is 1. The molecule has 138 valence electrons. The maximum Gasteiger partial charge on any atom is 0.418 e. The molecule has 0 spiro atoms. The molecule has 3 rings (SSSR count). The predicted molar refractivity (Wildman–Crippen MR) is 99.4 cm³/mol. The number of hydrogen-bond donors (Lipinski definition) is 0. The molecule has 0 aliphatic rings. The Labute approximate surface area is 155 Å². The lowest BCUT2D eigenvalue weighted by Crippen LogP contribution is -2.17. The van der Waals surface area contributed by atoms with E-state index in [1.165, 1.54) is 72.8 Å². The van der Waals surface area contributed by atoms with Crippen LogP contribution in [0.2, 0.25) is 0 Å². The molecule has 0 bridgehead atoms. The third kappa shape index (κ3) is 3.95. The van der Waals surface area contributed by atoms with Crippen LogP contribution in [-0.2, 0) is 9.84 Å². The molecular weight excluding hydrogens is 373 g/mol. The Morgan fingerprint density at radius 2 is 1.04 bits per heavy atom. The van der Waals surface area contributed by atoms with Crippen molar-refractivity contribution in [3.8, 4) is 0 Å². The zero-order valence-electron chi connectivity index (χ0n) is 14.0. The molecule has 0 saturated heterocycles. The Balaban J connectivity index is 2.44. The second-order valence-electron chi connectivity index (χ2n) is 5.75. The molecule has 0 radical (unpaired) electrons. The Hall–Kier alpha value is -2.86. The molecule has 27 heavy (non-hydrogen) atoms. The van der Waals surface area contributed by atoms with E-state index < -0.39 is 26.5 Å². The van der Waals surface area contributed by atoms with Gasteiger partial charge in [0.25, 0.3) is 0 Å². The average Bonchev–Trinajstić information content (AvgIpc) is 2.67.